The van der Waals surface area contributed by atoms with Crippen LogP contribution in [0, 0.1) is 5.92 Å². The molecule has 4 nitrogen and oxygen atoms in total. The predicted octanol–water partition coefficient (Wildman–Crippen LogP) is 5.09. The molecule has 0 radical (unpaired) electrons. The van der Waals surface area contributed by atoms with E-state index < -0.39 is 22.6 Å². The second-order valence-corrected chi connectivity index (χ2v) is 8.88. The third-order valence-electron chi connectivity index (χ3n) is 4.38. The van der Waals surface area contributed by atoms with Crippen LogP contribution in [0.1, 0.15) is 26.7 Å². The fourth-order valence-electron chi connectivity index (χ4n) is 2.67. The Balaban J connectivity index is 2.04. The highest BCUT2D eigenvalue weighted by Gasteiger charge is 2.57. The van der Waals surface area contributed by atoms with Crippen molar-refractivity contribution in [2.75, 3.05) is 23.0 Å². The summed E-state index contributed by atoms with van der Waals surface area (Å²) in [5.41, 5.74) is 1.39. The zero-order valence-corrected chi connectivity index (χ0v) is 18.3. The molecule has 0 spiro atoms. The molecule has 28 heavy (non-hydrogen) atoms. The van der Waals surface area contributed by atoms with Gasteiger partial charge in [-0.3, -0.25) is 4.21 Å². The highest BCUT2D eigenvalue weighted by Crippen LogP contribution is 2.48. The number of alkyl halides is 2. The molecule has 1 saturated carbocycles. The van der Waals surface area contributed by atoms with E-state index in [4.69, 9.17) is 23.8 Å². The number of thiocarbonyl (C=S) groups is 1. The van der Waals surface area contributed by atoms with Gasteiger partial charge in [0.15, 0.2) is 5.15 Å². The molecule has 1 aromatic rings. The lowest BCUT2D eigenvalue weighted by Crippen LogP contribution is -2.30. The van der Waals surface area contributed by atoms with Gasteiger partial charge in [0.25, 0.3) is 5.92 Å². The van der Waals surface area contributed by atoms with Crippen LogP contribution < -0.4 is 4.90 Å². The number of nitrogens with zero attached hydrogens (tertiary/aromatic N) is 3. The van der Waals surface area contributed by atoms with Crippen molar-refractivity contribution in [2.45, 2.75) is 32.6 Å². The second-order valence-electron chi connectivity index (χ2n) is 6.43. The monoisotopic (exact) mass is 447 g/mol. The van der Waals surface area contributed by atoms with E-state index in [2.05, 4.69) is 11.7 Å². The number of hydrogen-bond donors (Lipinski definition) is 0. The van der Waals surface area contributed by atoms with Crippen LogP contribution in [-0.2, 0) is 10.8 Å². The van der Waals surface area contributed by atoms with Crippen molar-refractivity contribution in [3.63, 3.8) is 0 Å². The van der Waals surface area contributed by atoms with Crippen LogP contribution in [-0.4, -0.2) is 43.0 Å². The maximum absolute atomic E-state index is 13.0. The molecule has 1 aromatic heterocycles. The molecule has 0 bridgehead atoms. The maximum Gasteiger partial charge on any atom is 0.252 e. The smallest absolute Gasteiger partial charge is 0.252 e. The molecule has 0 aliphatic heterocycles. The fourth-order valence-corrected chi connectivity index (χ4v) is 4.75. The lowest BCUT2D eigenvalue weighted by Gasteiger charge is -2.22. The summed E-state index contributed by atoms with van der Waals surface area (Å²) >= 11 is 11.8. The first-order chi connectivity index (χ1) is 13.2. The molecule has 1 aliphatic rings. The standard InChI is InChI=1S/C19H24ClF2N3OS2/c1-4-7-8-15(5-2)25-12-16(18(20)23-25)24(6-3)17(27)9-10-28(26)13-14-11-19(14,21)22/h4-5,7-8,12,14H,2,6,9-11,13H2,1,3H3. The van der Waals surface area contributed by atoms with Gasteiger partial charge in [-0.25, -0.2) is 13.5 Å². The first-order valence-corrected chi connectivity index (χ1v) is 11.2. The van der Waals surface area contributed by atoms with Gasteiger partial charge in [0.2, 0.25) is 0 Å². The van der Waals surface area contributed by atoms with Crippen LogP contribution in [0.3, 0.4) is 0 Å². The molecule has 9 heteroatoms. The molecule has 2 unspecified atom stereocenters. The molecule has 0 aromatic carbocycles. The van der Waals surface area contributed by atoms with Gasteiger partial charge in [-0.2, -0.15) is 5.10 Å². The predicted molar refractivity (Wildman–Crippen MR) is 118 cm³/mol. The van der Waals surface area contributed by atoms with E-state index in [-0.39, 0.29) is 23.1 Å². The fraction of sp³-hybridized carbons (Fsp3) is 0.474. The lowest BCUT2D eigenvalue weighted by molar-refractivity contribution is 0.103. The summed E-state index contributed by atoms with van der Waals surface area (Å²) in [5.74, 6) is -3.11. The molecular weight excluding hydrogens is 424 g/mol. The number of hydrogen-bond acceptors (Lipinski definition) is 3. The average molecular weight is 448 g/mol. The molecule has 2 atom stereocenters. The molecular formula is C19H24ClF2N3OS2. The summed E-state index contributed by atoms with van der Waals surface area (Å²) < 4.78 is 39.6. The number of anilines is 1. The largest absolute Gasteiger partial charge is 0.332 e. The van der Waals surface area contributed by atoms with Crippen LogP contribution in [0.15, 0.2) is 37.1 Å². The molecule has 1 aliphatic carbocycles. The summed E-state index contributed by atoms with van der Waals surface area (Å²) in [5, 5.41) is 4.60. The zero-order chi connectivity index (χ0) is 20.9. The van der Waals surface area contributed by atoms with E-state index in [1.54, 1.807) is 17.0 Å². The summed E-state index contributed by atoms with van der Waals surface area (Å²) in [7, 11) is -1.32. The normalized spacial score (nSPS) is 19.6. The average Bonchev–Trinajstić information content (AvgIpc) is 3.06. The molecule has 1 fully saturated rings. The topological polar surface area (TPSA) is 38.1 Å². The minimum atomic E-state index is -2.64. The van der Waals surface area contributed by atoms with Gasteiger partial charge in [-0.1, -0.05) is 42.5 Å². The van der Waals surface area contributed by atoms with Gasteiger partial charge >= 0.3 is 0 Å². The van der Waals surface area contributed by atoms with Crippen molar-refractivity contribution >= 4 is 51.0 Å². The van der Waals surface area contributed by atoms with Crippen LogP contribution in [0.4, 0.5) is 14.5 Å². The molecule has 0 saturated heterocycles. The third-order valence-corrected chi connectivity index (χ3v) is 6.51. The molecule has 154 valence electrons. The summed E-state index contributed by atoms with van der Waals surface area (Å²) in [6, 6.07) is 0. The van der Waals surface area contributed by atoms with Crippen molar-refractivity contribution < 1.29 is 13.0 Å². The molecule has 1 heterocycles. The highest BCUT2D eigenvalue weighted by molar-refractivity contribution is 7.85. The van der Waals surface area contributed by atoms with Crippen LogP contribution >= 0.6 is 23.8 Å². The van der Waals surface area contributed by atoms with E-state index in [9.17, 15) is 13.0 Å². The Hall–Kier alpha value is -1.38. The van der Waals surface area contributed by atoms with Crippen LogP contribution in [0.2, 0.25) is 5.15 Å². The van der Waals surface area contributed by atoms with Crippen molar-refractivity contribution in [1.82, 2.24) is 9.78 Å². The Morgan fingerprint density at radius 1 is 1.61 bits per heavy atom. The van der Waals surface area contributed by atoms with Crippen molar-refractivity contribution in [3.8, 4) is 0 Å². The van der Waals surface area contributed by atoms with Crippen molar-refractivity contribution in [2.24, 2.45) is 5.92 Å². The number of allylic oxidation sites excluding steroid dienone is 5. The quantitative estimate of drug-likeness (QED) is 0.370. The van der Waals surface area contributed by atoms with Gasteiger partial charge in [-0.15, -0.1) is 0 Å². The van der Waals surface area contributed by atoms with E-state index in [0.717, 1.165) is 5.70 Å². The maximum atomic E-state index is 13.0. The van der Waals surface area contributed by atoms with Gasteiger partial charge in [-0.05, 0) is 26.0 Å². The van der Waals surface area contributed by atoms with E-state index in [1.165, 1.54) is 0 Å². The SMILES string of the molecule is C=CC(=CC=CC)n1cc(N(CC)C(=S)CCS(=O)CC2CC2(F)F)c(Cl)n1. The van der Waals surface area contributed by atoms with Crippen molar-refractivity contribution in [1.29, 1.82) is 0 Å². The molecule has 2 rings (SSSR count). The van der Waals surface area contributed by atoms with Crippen LogP contribution in [0.25, 0.3) is 5.70 Å². The second kappa shape index (κ2) is 9.89. The first kappa shape index (κ1) is 22.9. The Labute approximate surface area is 177 Å². The van der Waals surface area contributed by atoms with E-state index in [0.29, 0.717) is 23.6 Å². The molecule has 0 amide bonds. The van der Waals surface area contributed by atoms with E-state index >= 15 is 0 Å². The summed E-state index contributed by atoms with van der Waals surface area (Å²) in [6.07, 6.45) is 9.23. The Morgan fingerprint density at radius 3 is 2.82 bits per heavy atom. The Morgan fingerprint density at radius 2 is 2.29 bits per heavy atom. The van der Waals surface area contributed by atoms with Gasteiger partial charge in [0.1, 0.15) is 0 Å². The van der Waals surface area contributed by atoms with E-state index in [1.807, 2.05) is 37.0 Å². The summed E-state index contributed by atoms with van der Waals surface area (Å²) in [4.78, 5) is 2.37. The van der Waals surface area contributed by atoms with Gasteiger partial charge < -0.3 is 4.90 Å². The van der Waals surface area contributed by atoms with Crippen LogP contribution in [0.5, 0.6) is 0 Å². The minimum Gasteiger partial charge on any atom is -0.332 e. The molecule has 0 N–H and O–H groups in total. The summed E-state index contributed by atoms with van der Waals surface area (Å²) in [6.45, 7) is 8.17. The van der Waals surface area contributed by atoms with Gasteiger partial charge in [0, 0.05) is 47.6 Å². The zero-order valence-electron chi connectivity index (χ0n) is 15.9. The minimum absolute atomic E-state index is 0.0266. The lowest BCUT2D eigenvalue weighted by atomic mass is 10.3. The number of halogens is 3. The van der Waals surface area contributed by atoms with Crippen molar-refractivity contribution in [3.05, 3.63) is 42.2 Å². The van der Waals surface area contributed by atoms with Gasteiger partial charge in [0.05, 0.1) is 22.6 Å². The Kier molecular flexibility index (Phi) is 8.09. The highest BCUT2D eigenvalue weighted by atomic mass is 35.5. The number of aromatic nitrogens is 2. The first-order valence-electron chi connectivity index (χ1n) is 8.97. The number of rotatable bonds is 10. The Bertz CT molecular complexity index is 820. The third kappa shape index (κ3) is 5.81.